The van der Waals surface area contributed by atoms with Crippen molar-refractivity contribution in [3.05, 3.63) is 74.9 Å². The van der Waals surface area contributed by atoms with Gasteiger partial charge in [-0.05, 0) is 48.7 Å². The zero-order valence-corrected chi connectivity index (χ0v) is 16.4. The first-order valence-corrected chi connectivity index (χ1v) is 9.82. The van der Waals surface area contributed by atoms with E-state index in [0.717, 1.165) is 39.8 Å². The molecule has 2 aliphatic rings. The Morgan fingerprint density at radius 2 is 1.81 bits per heavy atom. The maximum atomic E-state index is 13.1. The molecule has 0 saturated heterocycles. The Morgan fingerprint density at radius 1 is 1.04 bits per heavy atom. The van der Waals surface area contributed by atoms with Crippen LogP contribution in [0, 0.1) is 0 Å². The number of amides is 1. The zero-order chi connectivity index (χ0) is 18.3. The first-order valence-electron chi connectivity index (χ1n) is 8.65. The molecule has 3 nitrogen and oxygen atoms in total. The molecule has 1 heterocycles. The topological polar surface area (TPSA) is 37.4 Å². The molecule has 1 atom stereocenters. The smallest absolute Gasteiger partial charge is 0.232 e. The van der Waals surface area contributed by atoms with E-state index in [4.69, 9.17) is 11.6 Å². The van der Waals surface area contributed by atoms with E-state index in [1.54, 1.807) is 4.90 Å². The molecule has 2 aromatic carbocycles. The van der Waals surface area contributed by atoms with E-state index in [1.165, 1.54) is 0 Å². The van der Waals surface area contributed by atoms with Gasteiger partial charge < -0.3 is 0 Å². The highest BCUT2D eigenvalue weighted by atomic mass is 79.9. The average Bonchev–Trinajstić information content (AvgIpc) is 2.62. The van der Waals surface area contributed by atoms with Crippen LogP contribution >= 0.6 is 27.5 Å². The molecule has 0 aromatic heterocycles. The fraction of sp³-hybridized carbons (Fsp3) is 0.238. The van der Waals surface area contributed by atoms with Crippen molar-refractivity contribution in [2.45, 2.75) is 31.6 Å². The molecular weight excluding hydrogens is 414 g/mol. The summed E-state index contributed by atoms with van der Waals surface area (Å²) in [6, 6.07) is 15.1. The minimum absolute atomic E-state index is 0.0245. The number of rotatable bonds is 2. The van der Waals surface area contributed by atoms with Crippen LogP contribution in [0.4, 0.5) is 5.69 Å². The Hall–Kier alpha value is -1.91. The van der Waals surface area contributed by atoms with E-state index in [2.05, 4.69) is 15.9 Å². The summed E-state index contributed by atoms with van der Waals surface area (Å²) in [5.41, 5.74) is 3.43. The number of nitrogens with zero attached hydrogens (tertiary/aromatic N) is 1. The number of anilines is 1. The second-order valence-electron chi connectivity index (χ2n) is 6.65. The van der Waals surface area contributed by atoms with Gasteiger partial charge in [-0.1, -0.05) is 45.7 Å². The largest absolute Gasteiger partial charge is 0.294 e. The summed E-state index contributed by atoms with van der Waals surface area (Å²) in [5, 5.41) is 0.649. The van der Waals surface area contributed by atoms with Crippen LogP contribution in [-0.2, 0) is 9.59 Å². The Morgan fingerprint density at radius 3 is 2.54 bits per heavy atom. The predicted molar refractivity (Wildman–Crippen MR) is 106 cm³/mol. The number of carbonyl (C=O) groups excluding carboxylic acids is 2. The van der Waals surface area contributed by atoms with Gasteiger partial charge in [0.2, 0.25) is 5.91 Å². The summed E-state index contributed by atoms with van der Waals surface area (Å²) >= 11 is 9.48. The minimum atomic E-state index is -0.189. The van der Waals surface area contributed by atoms with E-state index >= 15 is 0 Å². The third-order valence-electron chi connectivity index (χ3n) is 5.01. The summed E-state index contributed by atoms with van der Waals surface area (Å²) in [6.45, 7) is 0. The van der Waals surface area contributed by atoms with Gasteiger partial charge in [-0.3, -0.25) is 14.5 Å². The van der Waals surface area contributed by atoms with Crippen molar-refractivity contribution in [2.24, 2.45) is 0 Å². The van der Waals surface area contributed by atoms with Crippen LogP contribution in [0.3, 0.4) is 0 Å². The third kappa shape index (κ3) is 3.12. The van der Waals surface area contributed by atoms with Gasteiger partial charge >= 0.3 is 0 Å². The van der Waals surface area contributed by atoms with Gasteiger partial charge in [-0.2, -0.15) is 0 Å². The Balaban J connectivity index is 1.85. The number of ketones is 1. The van der Waals surface area contributed by atoms with Gasteiger partial charge in [-0.25, -0.2) is 0 Å². The number of allylic oxidation sites excluding steroid dienone is 2. The lowest BCUT2D eigenvalue weighted by Gasteiger charge is -2.38. The lowest BCUT2D eigenvalue weighted by Crippen LogP contribution is -2.40. The van der Waals surface area contributed by atoms with Gasteiger partial charge in [0, 0.05) is 45.2 Å². The molecule has 132 valence electrons. The Bertz CT molecular complexity index is 920. The van der Waals surface area contributed by atoms with E-state index < -0.39 is 0 Å². The zero-order valence-electron chi connectivity index (χ0n) is 14.0. The number of Topliss-reactive ketones (excluding diaryl/α,β-unsaturated/α-hetero) is 1. The molecule has 0 spiro atoms. The van der Waals surface area contributed by atoms with E-state index in [1.807, 2.05) is 48.5 Å². The molecule has 4 rings (SSSR count). The van der Waals surface area contributed by atoms with Crippen LogP contribution in [0.5, 0.6) is 0 Å². The van der Waals surface area contributed by atoms with Crippen LogP contribution in [-0.4, -0.2) is 11.7 Å². The summed E-state index contributed by atoms with van der Waals surface area (Å²) in [5.74, 6) is -0.0128. The lowest BCUT2D eigenvalue weighted by molar-refractivity contribution is -0.119. The van der Waals surface area contributed by atoms with E-state index in [-0.39, 0.29) is 17.6 Å². The van der Waals surface area contributed by atoms with Gasteiger partial charge in [0.25, 0.3) is 0 Å². The normalized spacial score (nSPS) is 20.4. The number of carbonyl (C=O) groups is 2. The van der Waals surface area contributed by atoms with Crippen molar-refractivity contribution >= 4 is 44.9 Å². The number of hydrogen-bond donors (Lipinski definition) is 0. The minimum Gasteiger partial charge on any atom is -0.294 e. The monoisotopic (exact) mass is 429 g/mol. The molecule has 1 unspecified atom stereocenters. The molecular formula is C21H17BrClNO2. The number of benzene rings is 2. The number of halogens is 2. The fourth-order valence-electron chi connectivity index (χ4n) is 3.89. The predicted octanol–water partition coefficient (Wildman–Crippen LogP) is 5.63. The van der Waals surface area contributed by atoms with Crippen LogP contribution in [0.2, 0.25) is 5.02 Å². The van der Waals surface area contributed by atoms with Crippen LogP contribution in [0.25, 0.3) is 0 Å². The SMILES string of the molecule is O=C1CCCC2=C1C(c1ccc(Cl)cc1)CC(=O)N2c1cccc(Br)c1. The molecule has 5 heteroatoms. The maximum absolute atomic E-state index is 13.1. The third-order valence-corrected chi connectivity index (χ3v) is 5.76. The Labute approximate surface area is 165 Å². The first-order chi connectivity index (χ1) is 12.5. The first kappa shape index (κ1) is 17.5. The van der Waals surface area contributed by atoms with E-state index in [0.29, 0.717) is 17.9 Å². The van der Waals surface area contributed by atoms with Crippen LogP contribution in [0.15, 0.2) is 64.3 Å². The van der Waals surface area contributed by atoms with Crippen molar-refractivity contribution in [2.75, 3.05) is 4.90 Å². The molecule has 1 aliphatic carbocycles. The van der Waals surface area contributed by atoms with Crippen LogP contribution in [0.1, 0.15) is 37.2 Å². The molecule has 2 aromatic rings. The van der Waals surface area contributed by atoms with Gasteiger partial charge in [0.05, 0.1) is 0 Å². The number of hydrogen-bond acceptors (Lipinski definition) is 2. The standard InChI is InChI=1S/C21H17BrClNO2/c22-14-3-1-4-16(11-14)24-18-5-2-6-19(25)21(18)17(12-20(24)26)13-7-9-15(23)10-8-13/h1,3-4,7-11,17H,2,5-6,12H2. The highest BCUT2D eigenvalue weighted by molar-refractivity contribution is 9.10. The molecule has 1 amide bonds. The molecule has 26 heavy (non-hydrogen) atoms. The molecule has 0 radical (unpaired) electrons. The van der Waals surface area contributed by atoms with Crippen molar-refractivity contribution in [3.8, 4) is 0 Å². The maximum Gasteiger partial charge on any atom is 0.232 e. The van der Waals surface area contributed by atoms with Gasteiger partial charge in [0.1, 0.15) is 0 Å². The van der Waals surface area contributed by atoms with Crippen molar-refractivity contribution in [1.82, 2.24) is 0 Å². The molecule has 0 fully saturated rings. The molecule has 0 N–H and O–H groups in total. The quantitative estimate of drug-likeness (QED) is 0.619. The second-order valence-corrected chi connectivity index (χ2v) is 8.01. The van der Waals surface area contributed by atoms with Crippen molar-refractivity contribution < 1.29 is 9.59 Å². The molecule has 1 aliphatic heterocycles. The molecule has 0 saturated carbocycles. The average molecular weight is 431 g/mol. The van der Waals surface area contributed by atoms with Crippen molar-refractivity contribution in [3.63, 3.8) is 0 Å². The van der Waals surface area contributed by atoms with Crippen molar-refractivity contribution in [1.29, 1.82) is 0 Å². The Kier molecular flexibility index (Phi) is 4.72. The lowest BCUT2D eigenvalue weighted by atomic mass is 9.77. The highest BCUT2D eigenvalue weighted by Crippen LogP contribution is 2.43. The summed E-state index contributed by atoms with van der Waals surface area (Å²) in [6.07, 6.45) is 2.36. The summed E-state index contributed by atoms with van der Waals surface area (Å²) in [4.78, 5) is 27.6. The molecule has 0 bridgehead atoms. The highest BCUT2D eigenvalue weighted by Gasteiger charge is 2.39. The van der Waals surface area contributed by atoms with E-state index in [9.17, 15) is 9.59 Å². The summed E-state index contributed by atoms with van der Waals surface area (Å²) < 4.78 is 0.909. The van der Waals surface area contributed by atoms with Crippen LogP contribution < -0.4 is 4.90 Å². The van der Waals surface area contributed by atoms with Gasteiger partial charge in [0.15, 0.2) is 5.78 Å². The second kappa shape index (κ2) is 7.01. The fourth-order valence-corrected chi connectivity index (χ4v) is 4.40. The van der Waals surface area contributed by atoms with Gasteiger partial charge in [-0.15, -0.1) is 0 Å². The summed E-state index contributed by atoms with van der Waals surface area (Å²) in [7, 11) is 0.